The fraction of sp³-hybridized carbons (Fsp3) is 0.450. The first kappa shape index (κ1) is 21.0. The topological polar surface area (TPSA) is 61.4 Å². The number of alkyl halides is 3. The van der Waals surface area contributed by atoms with E-state index in [4.69, 9.17) is 0 Å². The number of hydrogen-bond acceptors (Lipinski definition) is 5. The maximum Gasteiger partial charge on any atom is 0.417 e. The van der Waals surface area contributed by atoms with Crippen LogP contribution in [0.3, 0.4) is 0 Å². The van der Waals surface area contributed by atoms with E-state index in [0.717, 1.165) is 30.8 Å². The smallest absolute Gasteiger partial charge is 0.355 e. The Labute approximate surface area is 167 Å². The van der Waals surface area contributed by atoms with Crippen molar-refractivity contribution >= 4 is 11.7 Å². The second kappa shape index (κ2) is 9.21. The summed E-state index contributed by atoms with van der Waals surface area (Å²) in [5.41, 5.74) is 0.124. The molecule has 1 atom stereocenters. The van der Waals surface area contributed by atoms with E-state index in [1.807, 2.05) is 35.0 Å². The number of anilines is 1. The summed E-state index contributed by atoms with van der Waals surface area (Å²) in [6.07, 6.45) is -0.172. The highest BCUT2D eigenvalue weighted by Gasteiger charge is 2.31. The number of carbonyl (C=O) groups excluding carboxylic acids is 1. The van der Waals surface area contributed by atoms with Crippen LogP contribution in [0.25, 0.3) is 0 Å². The average molecular weight is 407 g/mol. The normalized spacial score (nSPS) is 17.4. The van der Waals surface area contributed by atoms with Crippen LogP contribution in [-0.4, -0.2) is 53.5 Å². The summed E-state index contributed by atoms with van der Waals surface area (Å²) >= 11 is 0. The molecule has 156 valence electrons. The highest BCUT2D eigenvalue weighted by molar-refractivity contribution is 5.78. The monoisotopic (exact) mass is 407 g/mol. The molecule has 6 nitrogen and oxygen atoms in total. The molecule has 0 spiro atoms. The zero-order chi connectivity index (χ0) is 20.9. The van der Waals surface area contributed by atoms with Crippen LogP contribution in [0.5, 0.6) is 0 Å². The van der Waals surface area contributed by atoms with Gasteiger partial charge in [-0.3, -0.25) is 14.7 Å². The Morgan fingerprint density at radius 2 is 2.10 bits per heavy atom. The standard InChI is InChI=1S/C20H24F3N5O/c1-27(12-16-5-2-3-9-24-16)14-19(29)26-17-6-4-10-28(13-17)18-8-7-15(11-25-18)20(21,22)23/h2-3,5,7-9,11,17H,4,6,10,12-14H2,1H3,(H,26,29)/t17-/m1/s1. The van der Waals surface area contributed by atoms with Gasteiger partial charge in [0.05, 0.1) is 17.8 Å². The van der Waals surface area contributed by atoms with E-state index in [0.29, 0.717) is 25.5 Å². The molecule has 1 amide bonds. The number of piperidine rings is 1. The molecule has 3 rings (SSSR count). The summed E-state index contributed by atoms with van der Waals surface area (Å²) in [5, 5.41) is 3.02. The number of nitrogens with zero attached hydrogens (tertiary/aromatic N) is 4. The molecular formula is C20H24F3N5O. The molecule has 2 aromatic rings. The van der Waals surface area contributed by atoms with Crippen LogP contribution in [0.4, 0.5) is 19.0 Å². The second-order valence-electron chi connectivity index (χ2n) is 7.25. The Morgan fingerprint density at radius 3 is 2.76 bits per heavy atom. The molecule has 3 heterocycles. The molecular weight excluding hydrogens is 383 g/mol. The van der Waals surface area contributed by atoms with Crippen molar-refractivity contribution in [2.24, 2.45) is 0 Å². The van der Waals surface area contributed by atoms with Crippen LogP contribution in [0.1, 0.15) is 24.1 Å². The third kappa shape index (κ3) is 6.15. The fourth-order valence-corrected chi connectivity index (χ4v) is 3.39. The van der Waals surface area contributed by atoms with Gasteiger partial charge >= 0.3 is 6.18 Å². The van der Waals surface area contributed by atoms with Crippen molar-refractivity contribution in [3.05, 3.63) is 54.0 Å². The van der Waals surface area contributed by atoms with E-state index in [2.05, 4.69) is 15.3 Å². The summed E-state index contributed by atoms with van der Waals surface area (Å²) in [7, 11) is 1.85. The molecule has 2 aromatic heterocycles. The molecule has 0 unspecified atom stereocenters. The van der Waals surface area contributed by atoms with E-state index < -0.39 is 11.7 Å². The second-order valence-corrected chi connectivity index (χ2v) is 7.25. The van der Waals surface area contributed by atoms with Gasteiger partial charge in [0.25, 0.3) is 0 Å². The Bertz CT molecular complexity index is 798. The van der Waals surface area contributed by atoms with Crippen LogP contribution < -0.4 is 10.2 Å². The molecule has 1 fully saturated rings. The van der Waals surface area contributed by atoms with Gasteiger partial charge in [-0.15, -0.1) is 0 Å². The molecule has 1 N–H and O–H groups in total. The minimum absolute atomic E-state index is 0.0661. The van der Waals surface area contributed by atoms with Crippen molar-refractivity contribution < 1.29 is 18.0 Å². The van der Waals surface area contributed by atoms with Gasteiger partial charge < -0.3 is 10.2 Å². The molecule has 0 radical (unpaired) electrons. The average Bonchev–Trinajstić information content (AvgIpc) is 2.68. The number of likely N-dealkylation sites (N-methyl/N-ethyl adjacent to an activating group) is 1. The number of halogens is 3. The predicted octanol–water partition coefficient (Wildman–Crippen LogP) is 2.71. The van der Waals surface area contributed by atoms with Gasteiger partial charge in [-0.2, -0.15) is 13.2 Å². The van der Waals surface area contributed by atoms with E-state index >= 15 is 0 Å². The van der Waals surface area contributed by atoms with Gasteiger partial charge in [0.15, 0.2) is 0 Å². The fourth-order valence-electron chi connectivity index (χ4n) is 3.39. The largest absolute Gasteiger partial charge is 0.417 e. The number of nitrogens with one attached hydrogen (secondary N) is 1. The van der Waals surface area contributed by atoms with Crippen LogP contribution in [-0.2, 0) is 17.5 Å². The zero-order valence-electron chi connectivity index (χ0n) is 16.2. The Balaban J connectivity index is 1.50. The summed E-state index contributed by atoms with van der Waals surface area (Å²) in [6, 6.07) is 8.01. The first-order valence-electron chi connectivity index (χ1n) is 9.47. The lowest BCUT2D eigenvalue weighted by molar-refractivity contribution is -0.137. The lowest BCUT2D eigenvalue weighted by atomic mass is 10.1. The maximum absolute atomic E-state index is 12.7. The Kier molecular flexibility index (Phi) is 6.68. The molecule has 0 bridgehead atoms. The molecule has 0 aliphatic carbocycles. The third-order valence-corrected chi connectivity index (χ3v) is 4.76. The molecule has 1 aliphatic heterocycles. The number of hydrogen-bond donors (Lipinski definition) is 1. The van der Waals surface area contributed by atoms with Gasteiger partial charge in [-0.1, -0.05) is 6.07 Å². The van der Waals surface area contributed by atoms with Crippen molar-refractivity contribution in [1.29, 1.82) is 0 Å². The summed E-state index contributed by atoms with van der Waals surface area (Å²) in [6.45, 7) is 2.03. The summed E-state index contributed by atoms with van der Waals surface area (Å²) in [4.78, 5) is 24.4. The van der Waals surface area contributed by atoms with Crippen LogP contribution in [0.2, 0.25) is 0 Å². The molecule has 0 saturated carbocycles. The van der Waals surface area contributed by atoms with Gasteiger partial charge in [-0.05, 0) is 44.2 Å². The zero-order valence-corrected chi connectivity index (χ0v) is 16.2. The lowest BCUT2D eigenvalue weighted by Gasteiger charge is -2.34. The SMILES string of the molecule is CN(CC(=O)N[C@@H]1CCCN(c2ccc(C(F)(F)F)cn2)C1)Cc1ccccn1. The van der Waals surface area contributed by atoms with Gasteiger partial charge in [0.1, 0.15) is 5.82 Å². The van der Waals surface area contributed by atoms with Gasteiger partial charge in [-0.25, -0.2) is 4.98 Å². The lowest BCUT2D eigenvalue weighted by Crippen LogP contribution is -2.50. The maximum atomic E-state index is 12.7. The number of pyridine rings is 2. The van der Waals surface area contributed by atoms with E-state index in [-0.39, 0.29) is 18.5 Å². The molecule has 1 aliphatic rings. The third-order valence-electron chi connectivity index (χ3n) is 4.76. The highest BCUT2D eigenvalue weighted by atomic mass is 19.4. The van der Waals surface area contributed by atoms with Crippen LogP contribution >= 0.6 is 0 Å². The Hall–Kier alpha value is -2.68. The summed E-state index contributed by atoms with van der Waals surface area (Å²) in [5.74, 6) is 0.403. The van der Waals surface area contributed by atoms with E-state index in [9.17, 15) is 18.0 Å². The van der Waals surface area contributed by atoms with Crippen molar-refractivity contribution in [2.75, 3.05) is 31.6 Å². The summed E-state index contributed by atoms with van der Waals surface area (Å²) < 4.78 is 38.1. The molecule has 9 heteroatoms. The number of rotatable bonds is 6. The minimum Gasteiger partial charge on any atom is -0.355 e. The van der Waals surface area contributed by atoms with Crippen molar-refractivity contribution in [3.8, 4) is 0 Å². The minimum atomic E-state index is -4.40. The van der Waals surface area contributed by atoms with Crippen molar-refractivity contribution in [3.63, 3.8) is 0 Å². The van der Waals surface area contributed by atoms with Gasteiger partial charge in [0, 0.05) is 38.1 Å². The number of aromatic nitrogens is 2. The number of carbonyl (C=O) groups is 1. The molecule has 0 aromatic carbocycles. The Morgan fingerprint density at radius 1 is 1.28 bits per heavy atom. The van der Waals surface area contributed by atoms with Crippen molar-refractivity contribution in [2.45, 2.75) is 31.6 Å². The van der Waals surface area contributed by atoms with Crippen molar-refractivity contribution in [1.82, 2.24) is 20.2 Å². The number of amides is 1. The first-order chi connectivity index (χ1) is 13.8. The molecule has 29 heavy (non-hydrogen) atoms. The van der Waals surface area contributed by atoms with E-state index in [1.54, 1.807) is 6.20 Å². The quantitative estimate of drug-likeness (QED) is 0.798. The highest BCUT2D eigenvalue weighted by Crippen LogP contribution is 2.29. The van der Waals surface area contributed by atoms with Crippen LogP contribution in [0.15, 0.2) is 42.7 Å². The molecule has 1 saturated heterocycles. The van der Waals surface area contributed by atoms with Gasteiger partial charge in [0.2, 0.25) is 5.91 Å². The van der Waals surface area contributed by atoms with Crippen LogP contribution in [0, 0.1) is 0 Å². The first-order valence-corrected chi connectivity index (χ1v) is 9.47. The predicted molar refractivity (Wildman–Crippen MR) is 103 cm³/mol. The van der Waals surface area contributed by atoms with E-state index in [1.165, 1.54) is 6.07 Å².